The topological polar surface area (TPSA) is 47.7 Å². The minimum atomic E-state index is 0.230. The van der Waals surface area contributed by atoms with Gasteiger partial charge in [-0.15, -0.1) is 0 Å². The second-order valence-corrected chi connectivity index (χ2v) is 5.87. The summed E-state index contributed by atoms with van der Waals surface area (Å²) in [4.78, 5) is 6.73. The first-order valence-corrected chi connectivity index (χ1v) is 8.72. The molecule has 25 heavy (non-hydrogen) atoms. The maximum Gasteiger partial charge on any atom is 0.400 e. The third-order valence-corrected chi connectivity index (χ3v) is 3.97. The number of hydrogen-bond acceptors (Lipinski definition) is 5. The number of allylic oxidation sites excluding steroid dienone is 4. The molecular formula is C20H24N2O3. The maximum atomic E-state index is 5.71. The van der Waals surface area contributed by atoms with Crippen molar-refractivity contribution in [3.8, 4) is 6.08 Å². The average molecular weight is 340 g/mol. The number of likely N-dealkylation sites (tertiary alicyclic amines) is 1. The Balaban J connectivity index is 1.52. The van der Waals surface area contributed by atoms with Gasteiger partial charge >= 0.3 is 6.08 Å². The molecule has 5 heteroatoms. The highest BCUT2D eigenvalue weighted by molar-refractivity contribution is 5.72. The molecule has 0 N–H and O–H groups in total. The van der Waals surface area contributed by atoms with Crippen LogP contribution in [0.1, 0.15) is 19.8 Å². The summed E-state index contributed by atoms with van der Waals surface area (Å²) in [6, 6.07) is 7.57. The number of para-hydroxylation sites is 2. The van der Waals surface area contributed by atoms with Crippen molar-refractivity contribution in [1.82, 2.24) is 9.88 Å². The molecule has 3 rings (SSSR count). The zero-order valence-electron chi connectivity index (χ0n) is 14.6. The Morgan fingerprint density at radius 2 is 2.12 bits per heavy atom. The Bertz CT molecular complexity index is 722. The Hall–Kier alpha value is -2.53. The Morgan fingerprint density at radius 3 is 2.92 bits per heavy atom. The van der Waals surface area contributed by atoms with Crippen LogP contribution in [0.4, 0.5) is 0 Å². The van der Waals surface area contributed by atoms with Gasteiger partial charge in [0.2, 0.25) is 0 Å². The fraction of sp³-hybridized carbons (Fsp3) is 0.350. The molecule has 132 valence electrons. The summed E-state index contributed by atoms with van der Waals surface area (Å²) in [5.41, 5.74) is 1.48. The third kappa shape index (κ3) is 5.22. The SMILES string of the molecule is C\C=C/C(=C\C=C\OCCN1CCCC1)Oc1nc2ccccc2o1. The normalized spacial score (nSPS) is 16.4. The van der Waals surface area contributed by atoms with Crippen molar-refractivity contribution >= 4 is 11.1 Å². The summed E-state index contributed by atoms with van der Waals surface area (Å²) in [6.07, 6.45) is 11.9. The number of hydrogen-bond donors (Lipinski definition) is 0. The molecule has 1 aromatic heterocycles. The van der Waals surface area contributed by atoms with Crippen molar-refractivity contribution in [2.24, 2.45) is 0 Å². The fourth-order valence-electron chi connectivity index (χ4n) is 2.73. The lowest BCUT2D eigenvalue weighted by molar-refractivity contribution is 0.196. The van der Waals surface area contributed by atoms with Gasteiger partial charge < -0.3 is 13.9 Å². The van der Waals surface area contributed by atoms with E-state index in [1.54, 1.807) is 6.26 Å². The van der Waals surface area contributed by atoms with E-state index < -0.39 is 0 Å². The van der Waals surface area contributed by atoms with Gasteiger partial charge in [0.05, 0.1) is 12.9 Å². The molecule has 0 atom stereocenters. The fourth-order valence-corrected chi connectivity index (χ4v) is 2.73. The molecule has 0 radical (unpaired) electrons. The van der Waals surface area contributed by atoms with Crippen LogP contribution < -0.4 is 4.74 Å². The largest absolute Gasteiger partial charge is 0.500 e. The molecular weight excluding hydrogens is 316 g/mol. The van der Waals surface area contributed by atoms with Crippen LogP contribution in [-0.2, 0) is 4.74 Å². The number of rotatable bonds is 8. The highest BCUT2D eigenvalue weighted by Crippen LogP contribution is 2.21. The smallest absolute Gasteiger partial charge is 0.400 e. The molecule has 0 aliphatic carbocycles. The van der Waals surface area contributed by atoms with Crippen molar-refractivity contribution in [2.75, 3.05) is 26.2 Å². The van der Waals surface area contributed by atoms with Crippen LogP contribution in [0.15, 0.2) is 65.0 Å². The molecule has 5 nitrogen and oxygen atoms in total. The van der Waals surface area contributed by atoms with E-state index in [1.165, 1.54) is 25.9 Å². The first-order chi connectivity index (χ1) is 12.3. The molecule has 2 heterocycles. The maximum absolute atomic E-state index is 5.71. The lowest BCUT2D eigenvalue weighted by Crippen LogP contribution is -2.23. The van der Waals surface area contributed by atoms with E-state index in [2.05, 4.69) is 9.88 Å². The van der Waals surface area contributed by atoms with Crippen molar-refractivity contribution in [1.29, 1.82) is 0 Å². The zero-order chi connectivity index (χ0) is 17.3. The predicted octanol–water partition coefficient (Wildman–Crippen LogP) is 4.29. The lowest BCUT2D eigenvalue weighted by atomic mass is 10.3. The van der Waals surface area contributed by atoms with Crippen LogP contribution in [-0.4, -0.2) is 36.1 Å². The van der Waals surface area contributed by atoms with Crippen molar-refractivity contribution in [3.63, 3.8) is 0 Å². The number of fused-ring (bicyclic) bond motifs is 1. The summed E-state index contributed by atoms with van der Waals surface area (Å²) < 4.78 is 16.8. The Kier molecular flexibility index (Phi) is 6.29. The first kappa shape index (κ1) is 17.3. The quantitative estimate of drug-likeness (QED) is 0.407. The van der Waals surface area contributed by atoms with Crippen LogP contribution in [0.25, 0.3) is 11.1 Å². The lowest BCUT2D eigenvalue weighted by Gasteiger charge is -2.13. The third-order valence-electron chi connectivity index (χ3n) is 3.97. The van der Waals surface area contributed by atoms with Crippen LogP contribution >= 0.6 is 0 Å². The molecule has 1 aliphatic heterocycles. The molecule has 2 aromatic rings. The van der Waals surface area contributed by atoms with Gasteiger partial charge in [-0.25, -0.2) is 0 Å². The number of aromatic nitrogens is 1. The van der Waals surface area contributed by atoms with Crippen molar-refractivity contribution in [2.45, 2.75) is 19.8 Å². The highest BCUT2D eigenvalue weighted by atomic mass is 16.6. The van der Waals surface area contributed by atoms with E-state index in [4.69, 9.17) is 13.9 Å². The monoisotopic (exact) mass is 340 g/mol. The molecule has 0 amide bonds. The van der Waals surface area contributed by atoms with E-state index in [1.807, 2.05) is 55.5 Å². The van der Waals surface area contributed by atoms with E-state index in [-0.39, 0.29) is 6.08 Å². The Morgan fingerprint density at radius 1 is 1.28 bits per heavy atom. The van der Waals surface area contributed by atoms with Gasteiger partial charge in [-0.2, -0.15) is 4.98 Å². The van der Waals surface area contributed by atoms with Gasteiger partial charge in [-0.05, 0) is 63.2 Å². The minimum Gasteiger partial charge on any atom is -0.500 e. The molecule has 0 bridgehead atoms. The molecule has 0 spiro atoms. The molecule has 1 fully saturated rings. The van der Waals surface area contributed by atoms with Gasteiger partial charge in [-0.1, -0.05) is 18.2 Å². The summed E-state index contributed by atoms with van der Waals surface area (Å²) in [7, 11) is 0. The number of nitrogens with zero attached hydrogens (tertiary/aromatic N) is 2. The summed E-state index contributed by atoms with van der Waals surface area (Å²) in [5.74, 6) is 0.633. The predicted molar refractivity (Wildman–Crippen MR) is 98.3 cm³/mol. The van der Waals surface area contributed by atoms with E-state index >= 15 is 0 Å². The molecule has 1 aliphatic rings. The van der Waals surface area contributed by atoms with Crippen LogP contribution in [0.2, 0.25) is 0 Å². The molecule has 1 aromatic carbocycles. The molecule has 1 saturated heterocycles. The summed E-state index contributed by atoms with van der Waals surface area (Å²) in [6.45, 7) is 6.00. The van der Waals surface area contributed by atoms with E-state index in [0.717, 1.165) is 12.1 Å². The van der Waals surface area contributed by atoms with Crippen molar-refractivity contribution in [3.05, 3.63) is 60.6 Å². The number of oxazole rings is 1. The van der Waals surface area contributed by atoms with Gasteiger partial charge in [0.1, 0.15) is 11.3 Å². The van der Waals surface area contributed by atoms with Crippen LogP contribution in [0.3, 0.4) is 0 Å². The highest BCUT2D eigenvalue weighted by Gasteiger charge is 2.10. The van der Waals surface area contributed by atoms with Crippen molar-refractivity contribution < 1.29 is 13.9 Å². The first-order valence-electron chi connectivity index (χ1n) is 8.72. The standard InChI is InChI=1S/C20H24N2O3/c1-2-8-17(9-7-15-23-16-14-22-12-5-6-13-22)24-20-21-18-10-3-4-11-19(18)25-20/h2-4,7-11,15H,5-6,12-14,16H2,1H3/b8-2-,15-7+,17-9+. The van der Waals surface area contributed by atoms with Crippen LogP contribution in [0, 0.1) is 0 Å². The number of benzene rings is 1. The number of ether oxygens (including phenoxy) is 2. The molecule has 0 saturated carbocycles. The summed E-state index contributed by atoms with van der Waals surface area (Å²) >= 11 is 0. The average Bonchev–Trinajstić information content (AvgIpc) is 3.26. The van der Waals surface area contributed by atoms with Gasteiger partial charge in [0.15, 0.2) is 5.58 Å². The van der Waals surface area contributed by atoms with Gasteiger partial charge in [0, 0.05) is 6.54 Å². The van der Waals surface area contributed by atoms with Gasteiger partial charge in [0.25, 0.3) is 0 Å². The van der Waals surface area contributed by atoms with E-state index in [0.29, 0.717) is 17.9 Å². The van der Waals surface area contributed by atoms with Crippen LogP contribution in [0.5, 0.6) is 6.08 Å². The van der Waals surface area contributed by atoms with E-state index in [9.17, 15) is 0 Å². The second kappa shape index (κ2) is 9.08. The second-order valence-electron chi connectivity index (χ2n) is 5.87. The minimum absolute atomic E-state index is 0.230. The van der Waals surface area contributed by atoms with Gasteiger partial charge in [-0.3, -0.25) is 4.90 Å². The zero-order valence-corrected chi connectivity index (χ0v) is 14.6. The summed E-state index contributed by atoms with van der Waals surface area (Å²) in [5, 5.41) is 0. The Labute approximate surface area is 148 Å². The molecule has 0 unspecified atom stereocenters.